The normalized spacial score (nSPS) is 13.0. The van der Waals surface area contributed by atoms with Gasteiger partial charge in [-0.1, -0.05) is 24.8 Å². The fourth-order valence-corrected chi connectivity index (χ4v) is 4.85. The Morgan fingerprint density at radius 1 is 1.28 bits per heavy atom. The molecule has 1 aromatic heterocycles. The number of fused-ring (bicyclic) bond motifs is 1. The lowest BCUT2D eigenvalue weighted by Crippen LogP contribution is -2.30. The summed E-state index contributed by atoms with van der Waals surface area (Å²) in [6.07, 6.45) is 5.67. The molecule has 1 aromatic carbocycles. The van der Waals surface area contributed by atoms with Crippen molar-refractivity contribution in [3.05, 3.63) is 58.5 Å². The highest BCUT2D eigenvalue weighted by atomic mass is 32.1. The van der Waals surface area contributed by atoms with Crippen LogP contribution in [0.4, 0.5) is 5.00 Å². The van der Waals surface area contributed by atoms with Crippen molar-refractivity contribution in [1.29, 1.82) is 0 Å². The van der Waals surface area contributed by atoms with Crippen molar-refractivity contribution in [2.75, 3.05) is 25.5 Å². The van der Waals surface area contributed by atoms with Crippen LogP contribution >= 0.6 is 11.3 Å². The number of hydrogen-bond donors (Lipinski definition) is 2. The minimum Gasteiger partial charge on any atom is -0.490 e. The summed E-state index contributed by atoms with van der Waals surface area (Å²) in [5.74, 6) is 0.168. The van der Waals surface area contributed by atoms with Crippen LogP contribution in [0.15, 0.2) is 36.9 Å². The van der Waals surface area contributed by atoms with Gasteiger partial charge in [0.1, 0.15) is 17.4 Å². The first kappa shape index (κ1) is 21.1. The van der Waals surface area contributed by atoms with Crippen molar-refractivity contribution in [2.45, 2.75) is 32.2 Å². The quantitative estimate of drug-likeness (QED) is 0.618. The number of carbonyl (C=O) groups is 2. The first-order valence-corrected chi connectivity index (χ1v) is 10.5. The molecule has 2 aromatic rings. The number of benzene rings is 1. The van der Waals surface area contributed by atoms with E-state index in [1.807, 2.05) is 36.2 Å². The van der Waals surface area contributed by atoms with Gasteiger partial charge in [-0.25, -0.2) is 0 Å². The number of anilines is 1. The summed E-state index contributed by atoms with van der Waals surface area (Å²) in [7, 11) is 1.89. The number of nitrogens with one attached hydrogen (secondary N) is 1. The molecule has 1 aliphatic rings. The van der Waals surface area contributed by atoms with Gasteiger partial charge in [-0.05, 0) is 56.0 Å². The summed E-state index contributed by atoms with van der Waals surface area (Å²) in [5, 5.41) is 3.50. The average molecular weight is 414 g/mol. The second-order valence-corrected chi connectivity index (χ2v) is 8.35. The molecule has 0 fully saturated rings. The SMILES string of the molecule is C=CCOc1ccc(CN(C)CC(=O)Nc2sc3c(c2C(N)=O)CCCC3)cc1. The first-order chi connectivity index (χ1) is 14.0. The molecular weight excluding hydrogens is 386 g/mol. The molecule has 1 aliphatic carbocycles. The zero-order valence-electron chi connectivity index (χ0n) is 16.7. The smallest absolute Gasteiger partial charge is 0.251 e. The predicted octanol–water partition coefficient (Wildman–Crippen LogP) is 3.36. The molecule has 3 rings (SSSR count). The van der Waals surface area contributed by atoms with Gasteiger partial charge in [0.25, 0.3) is 5.91 Å². The van der Waals surface area contributed by atoms with Gasteiger partial charge in [0.2, 0.25) is 5.91 Å². The molecule has 0 atom stereocenters. The maximum absolute atomic E-state index is 12.5. The van der Waals surface area contributed by atoms with Gasteiger partial charge in [-0.3, -0.25) is 14.5 Å². The number of rotatable bonds is 9. The summed E-state index contributed by atoms with van der Waals surface area (Å²) in [4.78, 5) is 27.6. The lowest BCUT2D eigenvalue weighted by Gasteiger charge is -2.16. The van der Waals surface area contributed by atoms with Crippen molar-refractivity contribution in [3.8, 4) is 5.75 Å². The fraction of sp³-hybridized carbons (Fsp3) is 0.364. The van der Waals surface area contributed by atoms with Crippen LogP contribution in [-0.2, 0) is 24.2 Å². The molecule has 1 heterocycles. The standard InChI is InChI=1S/C22H27N3O3S/c1-3-12-28-16-10-8-15(9-11-16)13-25(2)14-19(26)24-22-20(21(23)27)17-6-4-5-7-18(17)29-22/h3,8-11H,1,4-7,12-14H2,2H3,(H2,23,27)(H,24,26). The van der Waals surface area contributed by atoms with Crippen LogP contribution in [0, 0.1) is 0 Å². The van der Waals surface area contributed by atoms with Crippen molar-refractivity contribution < 1.29 is 14.3 Å². The van der Waals surface area contributed by atoms with Gasteiger partial charge >= 0.3 is 0 Å². The van der Waals surface area contributed by atoms with Crippen LogP contribution in [-0.4, -0.2) is 36.9 Å². The molecular formula is C22H27N3O3S. The number of ether oxygens (including phenoxy) is 1. The molecule has 0 spiro atoms. The van der Waals surface area contributed by atoms with Crippen LogP contribution < -0.4 is 15.8 Å². The van der Waals surface area contributed by atoms with E-state index in [2.05, 4.69) is 11.9 Å². The number of primary amides is 1. The molecule has 3 N–H and O–H groups in total. The van der Waals surface area contributed by atoms with Crippen LogP contribution in [0.2, 0.25) is 0 Å². The number of nitrogens with zero attached hydrogens (tertiary/aromatic N) is 1. The Morgan fingerprint density at radius 3 is 2.69 bits per heavy atom. The number of aryl methyl sites for hydroxylation is 1. The third-order valence-corrected chi connectivity index (χ3v) is 6.04. The first-order valence-electron chi connectivity index (χ1n) is 9.73. The average Bonchev–Trinajstić information content (AvgIpc) is 3.05. The largest absolute Gasteiger partial charge is 0.490 e. The van der Waals surface area contributed by atoms with Crippen LogP contribution in [0.5, 0.6) is 5.75 Å². The van der Waals surface area contributed by atoms with Gasteiger partial charge in [0.15, 0.2) is 0 Å². The summed E-state index contributed by atoms with van der Waals surface area (Å²) in [6.45, 7) is 4.94. The number of thiophene rings is 1. The Balaban J connectivity index is 1.58. The van der Waals surface area contributed by atoms with Crippen molar-refractivity contribution in [1.82, 2.24) is 4.90 Å². The predicted molar refractivity (Wildman–Crippen MR) is 117 cm³/mol. The maximum Gasteiger partial charge on any atom is 0.251 e. The van der Waals surface area contributed by atoms with Gasteiger partial charge in [0, 0.05) is 11.4 Å². The highest BCUT2D eigenvalue weighted by Crippen LogP contribution is 2.37. The Hall–Kier alpha value is -2.64. The molecule has 2 amide bonds. The second-order valence-electron chi connectivity index (χ2n) is 7.24. The lowest BCUT2D eigenvalue weighted by atomic mass is 9.95. The van der Waals surface area contributed by atoms with E-state index in [0.717, 1.165) is 42.6 Å². The van der Waals surface area contributed by atoms with Crippen LogP contribution in [0.3, 0.4) is 0 Å². The molecule has 0 saturated heterocycles. The van der Waals surface area contributed by atoms with E-state index in [-0.39, 0.29) is 12.5 Å². The zero-order chi connectivity index (χ0) is 20.8. The Bertz CT molecular complexity index is 889. The van der Waals surface area contributed by atoms with E-state index >= 15 is 0 Å². The maximum atomic E-state index is 12.5. The van der Waals surface area contributed by atoms with Crippen molar-refractivity contribution in [2.24, 2.45) is 5.73 Å². The number of carbonyl (C=O) groups excluding carboxylic acids is 2. The summed E-state index contributed by atoms with van der Waals surface area (Å²) >= 11 is 1.49. The molecule has 29 heavy (non-hydrogen) atoms. The highest BCUT2D eigenvalue weighted by Gasteiger charge is 2.25. The summed E-state index contributed by atoms with van der Waals surface area (Å²) < 4.78 is 5.48. The Labute approximate surface area is 175 Å². The Kier molecular flexibility index (Phi) is 7.06. The van der Waals surface area contributed by atoms with Gasteiger partial charge in [-0.2, -0.15) is 0 Å². The fourth-order valence-electron chi connectivity index (χ4n) is 3.54. The molecule has 154 valence electrons. The number of hydrogen-bond acceptors (Lipinski definition) is 5. The minimum absolute atomic E-state index is 0.153. The molecule has 0 unspecified atom stereocenters. The van der Waals surface area contributed by atoms with E-state index in [0.29, 0.717) is 23.7 Å². The minimum atomic E-state index is -0.466. The van der Waals surface area contributed by atoms with Crippen molar-refractivity contribution >= 4 is 28.2 Å². The molecule has 0 radical (unpaired) electrons. The molecule has 7 heteroatoms. The molecule has 0 bridgehead atoms. The molecule has 6 nitrogen and oxygen atoms in total. The second kappa shape index (κ2) is 9.71. The van der Waals surface area contributed by atoms with E-state index in [4.69, 9.17) is 10.5 Å². The highest BCUT2D eigenvalue weighted by molar-refractivity contribution is 7.17. The summed E-state index contributed by atoms with van der Waals surface area (Å²) in [6, 6.07) is 7.76. The van der Waals surface area contributed by atoms with E-state index in [1.54, 1.807) is 6.08 Å². The van der Waals surface area contributed by atoms with Gasteiger partial charge < -0.3 is 15.8 Å². The zero-order valence-corrected chi connectivity index (χ0v) is 17.5. The number of amides is 2. The number of nitrogens with two attached hydrogens (primary N) is 1. The molecule has 0 aliphatic heterocycles. The van der Waals surface area contributed by atoms with Gasteiger partial charge in [-0.15, -0.1) is 11.3 Å². The van der Waals surface area contributed by atoms with Gasteiger partial charge in [0.05, 0.1) is 12.1 Å². The van der Waals surface area contributed by atoms with Crippen LogP contribution in [0.1, 0.15) is 39.2 Å². The lowest BCUT2D eigenvalue weighted by molar-refractivity contribution is -0.117. The third-order valence-electron chi connectivity index (χ3n) is 4.83. The monoisotopic (exact) mass is 413 g/mol. The van der Waals surface area contributed by atoms with E-state index in [1.165, 1.54) is 16.2 Å². The van der Waals surface area contributed by atoms with E-state index < -0.39 is 5.91 Å². The Morgan fingerprint density at radius 2 is 2.00 bits per heavy atom. The van der Waals surface area contributed by atoms with Crippen molar-refractivity contribution in [3.63, 3.8) is 0 Å². The summed E-state index contributed by atoms with van der Waals surface area (Å²) in [5.41, 5.74) is 8.19. The van der Waals surface area contributed by atoms with E-state index in [9.17, 15) is 9.59 Å². The topological polar surface area (TPSA) is 84.7 Å². The van der Waals surface area contributed by atoms with Crippen LogP contribution in [0.25, 0.3) is 0 Å². The molecule has 0 saturated carbocycles. The third kappa shape index (κ3) is 5.46. The number of likely N-dealkylation sites (N-methyl/N-ethyl adjacent to an activating group) is 1.